The highest BCUT2D eigenvalue weighted by Crippen LogP contribution is 2.23. The van der Waals surface area contributed by atoms with Crippen LogP contribution in [0.4, 0.5) is 5.13 Å². The molecule has 1 fully saturated rings. The van der Waals surface area contributed by atoms with E-state index in [9.17, 15) is 4.79 Å². The second kappa shape index (κ2) is 6.73. The van der Waals surface area contributed by atoms with Crippen LogP contribution in [0, 0.1) is 0 Å². The minimum atomic E-state index is -0.223. The number of anilines is 1. The summed E-state index contributed by atoms with van der Waals surface area (Å²) in [6.07, 6.45) is 6.76. The van der Waals surface area contributed by atoms with Gasteiger partial charge in [0.15, 0.2) is 5.13 Å². The molecule has 100 valence electrons. The Labute approximate surface area is 112 Å². The number of thiazole rings is 1. The van der Waals surface area contributed by atoms with Crippen LogP contribution in [-0.2, 0) is 16.0 Å². The van der Waals surface area contributed by atoms with Crippen LogP contribution < -0.4 is 4.90 Å². The van der Waals surface area contributed by atoms with Crippen molar-refractivity contribution in [3.05, 3.63) is 11.1 Å². The topological polar surface area (TPSA) is 42.4 Å². The second-order valence-electron chi connectivity index (χ2n) is 4.63. The van der Waals surface area contributed by atoms with Gasteiger partial charge in [-0.1, -0.05) is 19.3 Å². The lowest BCUT2D eigenvalue weighted by molar-refractivity contribution is -0.139. The molecule has 0 saturated carbocycles. The van der Waals surface area contributed by atoms with Gasteiger partial charge in [-0.3, -0.25) is 4.79 Å². The van der Waals surface area contributed by atoms with Crippen LogP contribution in [0.5, 0.6) is 0 Å². The lowest BCUT2D eigenvalue weighted by Crippen LogP contribution is -2.26. The first-order chi connectivity index (χ1) is 8.79. The quantitative estimate of drug-likeness (QED) is 0.790. The summed E-state index contributed by atoms with van der Waals surface area (Å²) in [5.74, 6) is -0.223. The standard InChI is InChI=1S/C13H20N2O2S/c1-17-12(16)9-11-10-18-13(14-11)15-7-5-3-2-4-6-8-15/h10H,2-9H2,1H3. The third kappa shape index (κ3) is 3.70. The molecule has 0 bridgehead atoms. The number of methoxy groups -OCH3 is 1. The SMILES string of the molecule is COC(=O)Cc1csc(N2CCCCCCC2)n1. The Kier molecular flexibility index (Phi) is 4.99. The zero-order chi connectivity index (χ0) is 12.8. The molecule has 0 aliphatic carbocycles. The van der Waals surface area contributed by atoms with E-state index >= 15 is 0 Å². The normalized spacial score (nSPS) is 17.1. The molecule has 0 radical (unpaired) electrons. The monoisotopic (exact) mass is 268 g/mol. The first-order valence-electron chi connectivity index (χ1n) is 6.56. The molecule has 4 nitrogen and oxygen atoms in total. The molecule has 5 heteroatoms. The Hall–Kier alpha value is -1.10. The van der Waals surface area contributed by atoms with Crippen LogP contribution >= 0.6 is 11.3 Å². The van der Waals surface area contributed by atoms with E-state index in [1.54, 1.807) is 11.3 Å². The third-order valence-corrected chi connectivity index (χ3v) is 4.17. The van der Waals surface area contributed by atoms with Gasteiger partial charge in [0.1, 0.15) is 0 Å². The molecule has 1 saturated heterocycles. The number of carbonyl (C=O) groups excluding carboxylic acids is 1. The highest BCUT2D eigenvalue weighted by Gasteiger charge is 2.14. The van der Waals surface area contributed by atoms with Crippen molar-refractivity contribution in [2.24, 2.45) is 0 Å². The summed E-state index contributed by atoms with van der Waals surface area (Å²) < 4.78 is 4.66. The fourth-order valence-corrected chi connectivity index (χ4v) is 3.06. The Bertz CT molecular complexity index is 384. The van der Waals surface area contributed by atoms with Gasteiger partial charge >= 0.3 is 5.97 Å². The van der Waals surface area contributed by atoms with E-state index in [2.05, 4.69) is 14.6 Å². The number of hydrogen-bond acceptors (Lipinski definition) is 5. The number of ether oxygens (including phenoxy) is 1. The Morgan fingerprint density at radius 2 is 2.00 bits per heavy atom. The van der Waals surface area contributed by atoms with Crippen LogP contribution in [0.25, 0.3) is 0 Å². The fourth-order valence-electron chi connectivity index (χ4n) is 2.18. The largest absolute Gasteiger partial charge is 0.469 e. The van der Waals surface area contributed by atoms with E-state index in [0.29, 0.717) is 0 Å². The molecular weight excluding hydrogens is 248 g/mol. The molecule has 18 heavy (non-hydrogen) atoms. The maximum Gasteiger partial charge on any atom is 0.311 e. The van der Waals surface area contributed by atoms with Gasteiger partial charge in [-0.25, -0.2) is 4.98 Å². The van der Waals surface area contributed by atoms with E-state index in [-0.39, 0.29) is 12.4 Å². The molecule has 1 aliphatic rings. The molecule has 0 aromatic carbocycles. The smallest absolute Gasteiger partial charge is 0.311 e. The van der Waals surface area contributed by atoms with E-state index in [4.69, 9.17) is 0 Å². The van der Waals surface area contributed by atoms with Crippen LogP contribution in [0.2, 0.25) is 0 Å². The van der Waals surface area contributed by atoms with Crippen molar-refractivity contribution in [2.45, 2.75) is 38.5 Å². The molecule has 0 amide bonds. The number of carbonyl (C=O) groups is 1. The van der Waals surface area contributed by atoms with Crippen LogP contribution in [0.15, 0.2) is 5.38 Å². The van der Waals surface area contributed by atoms with Gasteiger partial charge < -0.3 is 9.64 Å². The number of aromatic nitrogens is 1. The zero-order valence-electron chi connectivity index (χ0n) is 10.9. The van der Waals surface area contributed by atoms with Gasteiger partial charge in [0.25, 0.3) is 0 Å². The van der Waals surface area contributed by atoms with E-state index in [1.807, 2.05) is 5.38 Å². The van der Waals surface area contributed by atoms with Gasteiger partial charge in [0, 0.05) is 18.5 Å². The van der Waals surface area contributed by atoms with Crippen molar-refractivity contribution in [2.75, 3.05) is 25.1 Å². The Morgan fingerprint density at radius 1 is 1.33 bits per heavy atom. The van der Waals surface area contributed by atoms with Crippen LogP contribution in [-0.4, -0.2) is 31.2 Å². The average molecular weight is 268 g/mol. The predicted molar refractivity (Wildman–Crippen MR) is 73.1 cm³/mol. The Morgan fingerprint density at radius 3 is 2.67 bits per heavy atom. The molecular formula is C13H20N2O2S. The predicted octanol–water partition coefficient (Wildman–Crippen LogP) is 2.63. The first-order valence-corrected chi connectivity index (χ1v) is 7.44. The fraction of sp³-hybridized carbons (Fsp3) is 0.692. The molecule has 0 N–H and O–H groups in total. The van der Waals surface area contributed by atoms with E-state index in [0.717, 1.165) is 23.9 Å². The van der Waals surface area contributed by atoms with Gasteiger partial charge in [-0.2, -0.15) is 0 Å². The van der Waals surface area contributed by atoms with Gasteiger partial charge in [0.2, 0.25) is 0 Å². The van der Waals surface area contributed by atoms with Gasteiger partial charge in [-0.05, 0) is 12.8 Å². The van der Waals surface area contributed by atoms with Crippen molar-refractivity contribution in [1.29, 1.82) is 0 Å². The van der Waals surface area contributed by atoms with Crippen molar-refractivity contribution < 1.29 is 9.53 Å². The van der Waals surface area contributed by atoms with Crippen molar-refractivity contribution >= 4 is 22.4 Å². The Balaban J connectivity index is 1.96. The maximum atomic E-state index is 11.2. The summed E-state index contributed by atoms with van der Waals surface area (Å²) in [5.41, 5.74) is 0.823. The molecule has 0 spiro atoms. The minimum Gasteiger partial charge on any atom is -0.469 e. The summed E-state index contributed by atoms with van der Waals surface area (Å²) in [5, 5.41) is 3.01. The van der Waals surface area contributed by atoms with Gasteiger partial charge in [-0.15, -0.1) is 11.3 Å². The highest BCUT2D eigenvalue weighted by molar-refractivity contribution is 7.13. The van der Waals surface area contributed by atoms with Crippen molar-refractivity contribution in [3.8, 4) is 0 Å². The van der Waals surface area contributed by atoms with Crippen LogP contribution in [0.3, 0.4) is 0 Å². The summed E-state index contributed by atoms with van der Waals surface area (Å²) in [6.45, 7) is 2.18. The number of rotatable bonds is 3. The molecule has 2 rings (SSSR count). The van der Waals surface area contributed by atoms with Crippen molar-refractivity contribution in [3.63, 3.8) is 0 Å². The summed E-state index contributed by atoms with van der Waals surface area (Å²) in [6, 6.07) is 0. The highest BCUT2D eigenvalue weighted by atomic mass is 32.1. The molecule has 0 atom stereocenters. The summed E-state index contributed by atoms with van der Waals surface area (Å²) in [7, 11) is 1.41. The zero-order valence-corrected chi connectivity index (χ0v) is 11.7. The second-order valence-corrected chi connectivity index (χ2v) is 5.47. The molecule has 1 aromatic heterocycles. The average Bonchev–Trinajstić information content (AvgIpc) is 2.77. The van der Waals surface area contributed by atoms with E-state index in [1.165, 1.54) is 39.2 Å². The number of nitrogens with zero attached hydrogens (tertiary/aromatic N) is 2. The third-order valence-electron chi connectivity index (χ3n) is 3.22. The number of hydrogen-bond donors (Lipinski definition) is 0. The molecule has 0 unspecified atom stereocenters. The summed E-state index contributed by atoms with van der Waals surface area (Å²) in [4.78, 5) is 18.1. The van der Waals surface area contributed by atoms with Crippen LogP contribution in [0.1, 0.15) is 37.8 Å². The van der Waals surface area contributed by atoms with E-state index < -0.39 is 0 Å². The molecule has 1 aliphatic heterocycles. The number of esters is 1. The lowest BCUT2D eigenvalue weighted by atomic mass is 10.1. The summed E-state index contributed by atoms with van der Waals surface area (Å²) >= 11 is 1.63. The van der Waals surface area contributed by atoms with Gasteiger partial charge in [0.05, 0.1) is 19.2 Å². The molecule has 1 aromatic rings. The minimum absolute atomic E-state index is 0.223. The van der Waals surface area contributed by atoms with Crippen molar-refractivity contribution in [1.82, 2.24) is 4.98 Å². The molecule has 2 heterocycles. The maximum absolute atomic E-state index is 11.2. The lowest BCUT2D eigenvalue weighted by Gasteiger charge is -2.23. The first kappa shape index (κ1) is 13.3.